The van der Waals surface area contributed by atoms with Crippen LogP contribution in [0, 0.1) is 11.6 Å². The molecule has 1 aromatic carbocycles. The number of imidazole rings is 1. The van der Waals surface area contributed by atoms with Gasteiger partial charge < -0.3 is 9.67 Å². The Kier molecular flexibility index (Phi) is 3.98. The predicted octanol–water partition coefficient (Wildman–Crippen LogP) is 2.48. The first-order valence-electron chi connectivity index (χ1n) is 5.30. The van der Waals surface area contributed by atoms with Crippen LogP contribution in [0.25, 0.3) is 0 Å². The average molecular weight is 270 g/mol. The minimum atomic E-state index is -0.556. The van der Waals surface area contributed by atoms with Crippen LogP contribution >= 0.6 is 11.8 Å². The van der Waals surface area contributed by atoms with E-state index in [-0.39, 0.29) is 17.9 Å². The number of halogens is 2. The lowest BCUT2D eigenvalue weighted by molar-refractivity contribution is 0.271. The van der Waals surface area contributed by atoms with Gasteiger partial charge in [0.25, 0.3) is 0 Å². The van der Waals surface area contributed by atoms with Crippen LogP contribution in [-0.4, -0.2) is 14.7 Å². The second-order valence-corrected chi connectivity index (χ2v) is 4.68. The van der Waals surface area contributed by atoms with Crippen molar-refractivity contribution in [3.8, 4) is 0 Å². The molecule has 0 saturated carbocycles. The van der Waals surface area contributed by atoms with Gasteiger partial charge >= 0.3 is 0 Å². The van der Waals surface area contributed by atoms with Gasteiger partial charge in [-0.15, -0.1) is 0 Å². The van der Waals surface area contributed by atoms with Crippen molar-refractivity contribution in [2.45, 2.75) is 17.5 Å². The van der Waals surface area contributed by atoms with Crippen molar-refractivity contribution in [2.75, 3.05) is 0 Å². The van der Waals surface area contributed by atoms with E-state index in [9.17, 15) is 8.78 Å². The Morgan fingerprint density at radius 3 is 2.56 bits per heavy atom. The van der Waals surface area contributed by atoms with Gasteiger partial charge in [-0.05, 0) is 12.1 Å². The monoisotopic (exact) mass is 270 g/mol. The summed E-state index contributed by atoms with van der Waals surface area (Å²) in [6.45, 7) is -0.113. The van der Waals surface area contributed by atoms with Gasteiger partial charge in [-0.25, -0.2) is 13.8 Å². The fourth-order valence-corrected chi connectivity index (χ4v) is 2.50. The van der Waals surface area contributed by atoms with E-state index in [4.69, 9.17) is 5.11 Å². The number of benzene rings is 1. The average Bonchev–Trinajstić information content (AvgIpc) is 2.70. The third-order valence-corrected chi connectivity index (χ3v) is 3.68. The molecule has 18 heavy (non-hydrogen) atoms. The molecule has 0 radical (unpaired) electrons. The Balaban J connectivity index is 2.14. The maximum atomic E-state index is 13.4. The number of aromatic nitrogens is 2. The van der Waals surface area contributed by atoms with E-state index < -0.39 is 11.6 Å². The highest BCUT2D eigenvalue weighted by atomic mass is 32.2. The van der Waals surface area contributed by atoms with Crippen molar-refractivity contribution >= 4 is 11.8 Å². The smallest absolute Gasteiger partial charge is 0.168 e. The first kappa shape index (κ1) is 13.0. The molecule has 6 heteroatoms. The molecule has 0 bridgehead atoms. The molecule has 0 aliphatic rings. The molecule has 0 amide bonds. The highest BCUT2D eigenvalue weighted by Gasteiger charge is 2.11. The van der Waals surface area contributed by atoms with Gasteiger partial charge in [0.1, 0.15) is 11.6 Å². The van der Waals surface area contributed by atoms with Gasteiger partial charge in [-0.3, -0.25) is 0 Å². The van der Waals surface area contributed by atoms with Crippen LogP contribution in [0.4, 0.5) is 8.78 Å². The molecular weight excluding hydrogens is 258 g/mol. The van der Waals surface area contributed by atoms with E-state index >= 15 is 0 Å². The van der Waals surface area contributed by atoms with E-state index in [0.29, 0.717) is 10.9 Å². The number of thioether (sulfide) groups is 1. The molecule has 3 nitrogen and oxygen atoms in total. The lowest BCUT2D eigenvalue weighted by Crippen LogP contribution is -1.98. The van der Waals surface area contributed by atoms with Gasteiger partial charge in [0.05, 0.1) is 18.5 Å². The van der Waals surface area contributed by atoms with Gasteiger partial charge in [0.2, 0.25) is 0 Å². The summed E-state index contributed by atoms with van der Waals surface area (Å²) in [7, 11) is 1.75. The lowest BCUT2D eigenvalue weighted by atomic mass is 10.2. The predicted molar refractivity (Wildman–Crippen MR) is 65.0 cm³/mol. The summed E-state index contributed by atoms with van der Waals surface area (Å²) >= 11 is 1.23. The Bertz CT molecular complexity index is 537. The standard InChI is InChI=1S/C12H12F2N2OS/c1-16-8(6-17)5-15-12(16)18-7-9-10(13)3-2-4-11(9)14/h2-5,17H,6-7H2,1H3. The zero-order valence-corrected chi connectivity index (χ0v) is 10.5. The SMILES string of the molecule is Cn1c(CO)cnc1SCc1c(F)cccc1F. The topological polar surface area (TPSA) is 38.0 Å². The first-order chi connectivity index (χ1) is 8.63. The van der Waals surface area contributed by atoms with Gasteiger partial charge in [-0.2, -0.15) is 0 Å². The maximum absolute atomic E-state index is 13.4. The zero-order chi connectivity index (χ0) is 13.1. The molecule has 0 fully saturated rings. The van der Waals surface area contributed by atoms with Crippen molar-refractivity contribution in [1.29, 1.82) is 0 Å². The summed E-state index contributed by atoms with van der Waals surface area (Å²) in [6, 6.07) is 3.80. The highest BCUT2D eigenvalue weighted by Crippen LogP contribution is 2.25. The maximum Gasteiger partial charge on any atom is 0.168 e. The van der Waals surface area contributed by atoms with Crippen molar-refractivity contribution in [2.24, 2.45) is 7.05 Å². The number of aliphatic hydroxyl groups is 1. The molecule has 2 rings (SSSR count). The molecule has 1 aromatic heterocycles. The minimum Gasteiger partial charge on any atom is -0.390 e. The molecule has 0 atom stereocenters. The van der Waals surface area contributed by atoms with E-state index in [0.717, 1.165) is 0 Å². The summed E-state index contributed by atoms with van der Waals surface area (Å²) in [5, 5.41) is 9.63. The third-order valence-electron chi connectivity index (χ3n) is 2.61. The van der Waals surface area contributed by atoms with Crippen molar-refractivity contribution in [3.05, 3.63) is 47.3 Å². The Morgan fingerprint density at radius 2 is 2.00 bits per heavy atom. The zero-order valence-electron chi connectivity index (χ0n) is 9.73. The van der Waals surface area contributed by atoms with Gasteiger partial charge in [0, 0.05) is 18.4 Å². The van der Waals surface area contributed by atoms with Crippen LogP contribution in [0.2, 0.25) is 0 Å². The molecule has 0 saturated heterocycles. The molecule has 0 aliphatic heterocycles. The summed E-state index contributed by atoms with van der Waals surface area (Å²) in [4.78, 5) is 4.08. The minimum absolute atomic E-state index is 0.0380. The summed E-state index contributed by atoms with van der Waals surface area (Å²) in [5.41, 5.74) is 0.697. The molecule has 1 N–H and O–H groups in total. The number of hydrogen-bond acceptors (Lipinski definition) is 3. The largest absolute Gasteiger partial charge is 0.390 e. The Hall–Kier alpha value is -1.40. The first-order valence-corrected chi connectivity index (χ1v) is 6.29. The molecule has 1 heterocycles. The fourth-order valence-electron chi connectivity index (χ4n) is 1.51. The fraction of sp³-hybridized carbons (Fsp3) is 0.250. The quantitative estimate of drug-likeness (QED) is 0.867. The number of aliphatic hydroxyl groups excluding tert-OH is 1. The molecule has 0 spiro atoms. The van der Waals surface area contributed by atoms with E-state index in [1.807, 2.05) is 0 Å². The number of hydrogen-bond donors (Lipinski definition) is 1. The Morgan fingerprint density at radius 1 is 1.33 bits per heavy atom. The lowest BCUT2D eigenvalue weighted by Gasteiger charge is -2.05. The van der Waals surface area contributed by atoms with Crippen molar-refractivity contribution in [1.82, 2.24) is 9.55 Å². The van der Waals surface area contributed by atoms with E-state index in [1.54, 1.807) is 17.8 Å². The van der Waals surface area contributed by atoms with Crippen LogP contribution in [0.1, 0.15) is 11.3 Å². The van der Waals surface area contributed by atoms with Crippen molar-refractivity contribution < 1.29 is 13.9 Å². The van der Waals surface area contributed by atoms with Crippen LogP contribution in [-0.2, 0) is 19.4 Å². The number of rotatable bonds is 4. The van der Waals surface area contributed by atoms with Crippen molar-refractivity contribution in [3.63, 3.8) is 0 Å². The molecule has 0 unspecified atom stereocenters. The van der Waals surface area contributed by atoms with Gasteiger partial charge in [-0.1, -0.05) is 17.8 Å². The molecule has 2 aromatic rings. The number of nitrogens with zero attached hydrogens (tertiary/aromatic N) is 2. The second-order valence-electron chi connectivity index (χ2n) is 3.74. The third kappa shape index (κ3) is 2.54. The molecule has 0 aliphatic carbocycles. The summed E-state index contributed by atoms with van der Waals surface area (Å²) in [5.74, 6) is -0.952. The van der Waals surface area contributed by atoms with Crippen LogP contribution in [0.15, 0.2) is 29.6 Å². The van der Waals surface area contributed by atoms with E-state index in [2.05, 4.69) is 4.98 Å². The van der Waals surface area contributed by atoms with Crippen LogP contribution in [0.5, 0.6) is 0 Å². The Labute approximate surface area is 107 Å². The van der Waals surface area contributed by atoms with Crippen LogP contribution in [0.3, 0.4) is 0 Å². The van der Waals surface area contributed by atoms with E-state index in [1.165, 1.54) is 30.0 Å². The summed E-state index contributed by atoms with van der Waals surface area (Å²) in [6.07, 6.45) is 1.54. The molecule has 96 valence electrons. The second kappa shape index (κ2) is 5.49. The van der Waals surface area contributed by atoms with Gasteiger partial charge in [0.15, 0.2) is 5.16 Å². The normalized spacial score (nSPS) is 10.9. The highest BCUT2D eigenvalue weighted by molar-refractivity contribution is 7.98. The molecular formula is C12H12F2N2OS. The summed E-state index contributed by atoms with van der Waals surface area (Å²) < 4.78 is 28.5. The van der Waals surface area contributed by atoms with Crippen LogP contribution < -0.4 is 0 Å².